The van der Waals surface area contributed by atoms with Gasteiger partial charge in [-0.05, 0) is 40.5 Å². The summed E-state index contributed by atoms with van der Waals surface area (Å²) in [6.07, 6.45) is 1.59. The number of aromatic nitrogens is 2. The number of halogens is 2. The molecule has 0 bridgehead atoms. The van der Waals surface area contributed by atoms with Gasteiger partial charge < -0.3 is 9.47 Å². The summed E-state index contributed by atoms with van der Waals surface area (Å²) in [7, 11) is 1.54. The van der Waals surface area contributed by atoms with Gasteiger partial charge in [0.25, 0.3) is 0 Å². The van der Waals surface area contributed by atoms with E-state index in [2.05, 4.69) is 41.8 Å². The largest absolute Gasteiger partial charge is 0.480 e. The van der Waals surface area contributed by atoms with E-state index in [9.17, 15) is 0 Å². The molecule has 6 heteroatoms. The minimum absolute atomic E-state index is 0.247. The highest BCUT2D eigenvalue weighted by molar-refractivity contribution is 9.10. The Morgan fingerprint density at radius 1 is 1.22 bits per heavy atom. The van der Waals surface area contributed by atoms with Gasteiger partial charge in [-0.1, -0.05) is 22.0 Å². The van der Waals surface area contributed by atoms with Gasteiger partial charge in [-0.3, -0.25) is 0 Å². The summed E-state index contributed by atoms with van der Waals surface area (Å²) in [6.45, 7) is 1.96. The van der Waals surface area contributed by atoms with Crippen molar-refractivity contribution in [2.75, 3.05) is 7.11 Å². The Balaban J connectivity index is 2.31. The third-order valence-electron chi connectivity index (χ3n) is 2.23. The van der Waals surface area contributed by atoms with Crippen LogP contribution >= 0.6 is 31.9 Å². The van der Waals surface area contributed by atoms with Crippen molar-refractivity contribution >= 4 is 31.9 Å². The van der Waals surface area contributed by atoms with E-state index >= 15 is 0 Å². The molecule has 0 aliphatic carbocycles. The molecule has 94 valence electrons. The predicted octanol–water partition coefficient (Wildman–Crippen LogP) is 4.11. The molecular weight excluding hydrogens is 364 g/mol. The number of hydrogen-bond acceptors (Lipinski definition) is 4. The molecule has 0 N–H and O–H groups in total. The van der Waals surface area contributed by atoms with Gasteiger partial charge in [0.05, 0.1) is 17.8 Å². The first kappa shape index (κ1) is 13.3. The van der Waals surface area contributed by atoms with Crippen LogP contribution in [0.15, 0.2) is 33.3 Å². The van der Waals surface area contributed by atoms with Crippen LogP contribution in [0.1, 0.15) is 5.56 Å². The maximum atomic E-state index is 5.63. The molecule has 0 unspecified atom stereocenters. The van der Waals surface area contributed by atoms with Gasteiger partial charge in [-0.15, -0.1) is 0 Å². The minimum atomic E-state index is 0.247. The number of ether oxygens (including phenoxy) is 2. The molecule has 0 atom stereocenters. The summed E-state index contributed by atoms with van der Waals surface area (Å²) in [5.74, 6) is 1.14. The lowest BCUT2D eigenvalue weighted by Crippen LogP contribution is -1.96. The van der Waals surface area contributed by atoms with E-state index in [1.54, 1.807) is 13.3 Å². The molecule has 0 saturated heterocycles. The van der Waals surface area contributed by atoms with Gasteiger partial charge in [-0.25, -0.2) is 4.98 Å². The van der Waals surface area contributed by atoms with Crippen molar-refractivity contribution in [3.63, 3.8) is 0 Å². The van der Waals surface area contributed by atoms with Crippen LogP contribution in [0.4, 0.5) is 0 Å². The Kier molecular flexibility index (Phi) is 4.19. The van der Waals surface area contributed by atoms with Gasteiger partial charge in [0.2, 0.25) is 5.88 Å². The number of methoxy groups -OCH3 is 1. The van der Waals surface area contributed by atoms with Crippen molar-refractivity contribution in [3.8, 4) is 17.6 Å². The lowest BCUT2D eigenvalue weighted by Gasteiger charge is -2.08. The summed E-state index contributed by atoms with van der Waals surface area (Å²) >= 11 is 6.69. The fourth-order valence-corrected chi connectivity index (χ4v) is 2.00. The summed E-state index contributed by atoms with van der Waals surface area (Å²) in [6, 6.07) is 6.02. The molecule has 18 heavy (non-hydrogen) atoms. The summed E-state index contributed by atoms with van der Waals surface area (Å²) in [4.78, 5) is 8.22. The zero-order valence-corrected chi connectivity index (χ0v) is 12.9. The van der Waals surface area contributed by atoms with Gasteiger partial charge >= 0.3 is 6.01 Å². The van der Waals surface area contributed by atoms with Crippen molar-refractivity contribution in [3.05, 3.63) is 38.9 Å². The molecule has 1 heterocycles. The second-order valence-corrected chi connectivity index (χ2v) is 5.29. The Bertz CT molecular complexity index is 576. The standard InChI is InChI=1S/C12H10Br2N2O2/c1-7-3-4-8(13)5-10(7)18-12-15-6-9(14)11(16-12)17-2/h3-6H,1-2H3. The molecule has 0 fully saturated rings. The van der Waals surface area contributed by atoms with E-state index in [0.29, 0.717) is 16.1 Å². The van der Waals surface area contributed by atoms with E-state index in [1.165, 1.54) is 0 Å². The molecule has 2 rings (SSSR count). The topological polar surface area (TPSA) is 44.2 Å². The molecule has 4 nitrogen and oxygen atoms in total. The molecule has 0 amide bonds. The van der Waals surface area contributed by atoms with Crippen LogP contribution in [-0.2, 0) is 0 Å². The van der Waals surface area contributed by atoms with Crippen LogP contribution in [0.25, 0.3) is 0 Å². The van der Waals surface area contributed by atoms with Crippen molar-refractivity contribution in [2.24, 2.45) is 0 Å². The van der Waals surface area contributed by atoms with E-state index in [-0.39, 0.29) is 6.01 Å². The van der Waals surface area contributed by atoms with Crippen LogP contribution in [0.5, 0.6) is 17.6 Å². The maximum Gasteiger partial charge on any atom is 0.325 e. The van der Waals surface area contributed by atoms with Crippen LogP contribution < -0.4 is 9.47 Å². The van der Waals surface area contributed by atoms with Crippen LogP contribution in [-0.4, -0.2) is 17.1 Å². The molecular formula is C12H10Br2N2O2. The van der Waals surface area contributed by atoms with Crippen molar-refractivity contribution in [2.45, 2.75) is 6.92 Å². The Morgan fingerprint density at radius 2 is 2.00 bits per heavy atom. The second kappa shape index (κ2) is 5.67. The summed E-state index contributed by atoms with van der Waals surface area (Å²) < 4.78 is 12.3. The van der Waals surface area contributed by atoms with Gasteiger partial charge in [0.15, 0.2) is 0 Å². The van der Waals surface area contributed by atoms with E-state index in [0.717, 1.165) is 10.0 Å². The van der Waals surface area contributed by atoms with Gasteiger partial charge in [0.1, 0.15) is 5.75 Å². The van der Waals surface area contributed by atoms with Crippen molar-refractivity contribution in [1.82, 2.24) is 9.97 Å². The van der Waals surface area contributed by atoms with Crippen LogP contribution in [0.3, 0.4) is 0 Å². The number of aryl methyl sites for hydroxylation is 1. The fourth-order valence-electron chi connectivity index (χ4n) is 1.31. The quantitative estimate of drug-likeness (QED) is 0.811. The lowest BCUT2D eigenvalue weighted by molar-refractivity contribution is 0.373. The highest BCUT2D eigenvalue weighted by Gasteiger charge is 2.08. The highest BCUT2D eigenvalue weighted by Crippen LogP contribution is 2.29. The normalized spacial score (nSPS) is 10.2. The predicted molar refractivity (Wildman–Crippen MR) is 75.2 cm³/mol. The number of rotatable bonds is 3. The lowest BCUT2D eigenvalue weighted by atomic mass is 10.2. The van der Waals surface area contributed by atoms with Gasteiger partial charge in [-0.2, -0.15) is 4.98 Å². The average Bonchev–Trinajstić information content (AvgIpc) is 2.36. The molecule has 0 spiro atoms. The minimum Gasteiger partial charge on any atom is -0.480 e. The number of nitrogens with zero attached hydrogens (tertiary/aromatic N) is 2. The van der Waals surface area contributed by atoms with E-state index in [1.807, 2.05) is 25.1 Å². The summed E-state index contributed by atoms with van der Waals surface area (Å²) in [5, 5.41) is 0. The molecule has 0 saturated carbocycles. The average molecular weight is 374 g/mol. The molecule has 1 aromatic carbocycles. The SMILES string of the molecule is COc1nc(Oc2cc(Br)ccc2C)ncc1Br. The zero-order chi connectivity index (χ0) is 13.1. The first-order chi connectivity index (χ1) is 8.60. The third-order valence-corrected chi connectivity index (χ3v) is 3.27. The van der Waals surface area contributed by atoms with Crippen molar-refractivity contribution < 1.29 is 9.47 Å². The van der Waals surface area contributed by atoms with Crippen LogP contribution in [0, 0.1) is 6.92 Å². The number of hydrogen-bond donors (Lipinski definition) is 0. The zero-order valence-electron chi connectivity index (χ0n) is 9.78. The highest BCUT2D eigenvalue weighted by atomic mass is 79.9. The van der Waals surface area contributed by atoms with Crippen LogP contribution in [0.2, 0.25) is 0 Å². The van der Waals surface area contributed by atoms with Crippen molar-refractivity contribution in [1.29, 1.82) is 0 Å². The number of benzene rings is 1. The third kappa shape index (κ3) is 3.00. The Labute approximate surface area is 122 Å². The smallest absolute Gasteiger partial charge is 0.325 e. The first-order valence-corrected chi connectivity index (χ1v) is 6.69. The maximum absolute atomic E-state index is 5.63. The first-order valence-electron chi connectivity index (χ1n) is 5.10. The Morgan fingerprint density at radius 3 is 2.72 bits per heavy atom. The van der Waals surface area contributed by atoms with Gasteiger partial charge in [0, 0.05) is 4.47 Å². The monoisotopic (exact) mass is 372 g/mol. The summed E-state index contributed by atoms with van der Waals surface area (Å²) in [5.41, 5.74) is 1.00. The molecule has 0 aliphatic rings. The fraction of sp³-hybridized carbons (Fsp3) is 0.167. The molecule has 0 radical (unpaired) electrons. The van der Waals surface area contributed by atoms with E-state index in [4.69, 9.17) is 9.47 Å². The molecule has 2 aromatic rings. The Hall–Kier alpha value is -1.14. The molecule has 1 aromatic heterocycles. The second-order valence-electron chi connectivity index (χ2n) is 3.52. The molecule has 0 aliphatic heterocycles. The van der Waals surface area contributed by atoms with E-state index < -0.39 is 0 Å².